The lowest BCUT2D eigenvalue weighted by Gasteiger charge is -1.95. The van der Waals surface area contributed by atoms with Crippen molar-refractivity contribution in [1.29, 1.82) is 0 Å². The predicted molar refractivity (Wildman–Crippen MR) is 56.2 cm³/mol. The third-order valence-corrected chi connectivity index (χ3v) is 2.35. The summed E-state index contributed by atoms with van der Waals surface area (Å²) >= 11 is 5.80. The van der Waals surface area contributed by atoms with E-state index in [-0.39, 0.29) is 0 Å². The summed E-state index contributed by atoms with van der Waals surface area (Å²) in [5, 5.41) is 4.59. The van der Waals surface area contributed by atoms with Crippen LogP contribution in [0, 0.1) is 6.92 Å². The van der Waals surface area contributed by atoms with Gasteiger partial charge in [-0.15, -0.1) is 5.10 Å². The Morgan fingerprint density at radius 1 is 1.21 bits per heavy atom. The lowest BCUT2D eigenvalue weighted by molar-refractivity contribution is 0.769. The van der Waals surface area contributed by atoms with Gasteiger partial charge in [0.25, 0.3) is 0 Å². The minimum Gasteiger partial charge on any atom is -0.239 e. The summed E-state index contributed by atoms with van der Waals surface area (Å²) in [7, 11) is 1.77. The lowest BCUT2D eigenvalue weighted by Crippen LogP contribution is -1.89. The molecule has 0 aliphatic rings. The molecule has 0 radical (unpaired) electrons. The van der Waals surface area contributed by atoms with E-state index in [0.717, 1.165) is 5.56 Å². The molecule has 0 saturated heterocycles. The van der Waals surface area contributed by atoms with E-state index in [1.165, 1.54) is 5.56 Å². The highest BCUT2D eigenvalue weighted by atomic mass is 35.5. The molecule has 4 heteroatoms. The number of rotatable bonds is 1. The van der Waals surface area contributed by atoms with Gasteiger partial charge in [-0.2, -0.15) is 4.98 Å². The maximum Gasteiger partial charge on any atom is 0.221 e. The van der Waals surface area contributed by atoms with Crippen LogP contribution < -0.4 is 0 Å². The van der Waals surface area contributed by atoms with Gasteiger partial charge in [-0.3, -0.25) is 0 Å². The van der Waals surface area contributed by atoms with Crippen molar-refractivity contribution in [2.75, 3.05) is 0 Å². The summed E-state index contributed by atoms with van der Waals surface area (Å²) in [6.07, 6.45) is 0. The third kappa shape index (κ3) is 1.63. The zero-order chi connectivity index (χ0) is 10.1. The average Bonchev–Trinajstić information content (AvgIpc) is 2.48. The minimum atomic E-state index is 0.403. The monoisotopic (exact) mass is 207 g/mol. The second kappa shape index (κ2) is 3.42. The highest BCUT2D eigenvalue weighted by molar-refractivity contribution is 6.28. The van der Waals surface area contributed by atoms with Crippen molar-refractivity contribution in [3.63, 3.8) is 0 Å². The molecule has 14 heavy (non-hydrogen) atoms. The van der Waals surface area contributed by atoms with Crippen LogP contribution in [0.3, 0.4) is 0 Å². The second-order valence-electron chi connectivity index (χ2n) is 3.19. The Kier molecular flexibility index (Phi) is 2.25. The minimum absolute atomic E-state index is 0.403. The van der Waals surface area contributed by atoms with Gasteiger partial charge in [0.2, 0.25) is 5.28 Å². The molecule has 0 saturated carbocycles. The molecule has 1 heterocycles. The zero-order valence-electron chi connectivity index (χ0n) is 8.03. The molecule has 2 rings (SSSR count). The van der Waals surface area contributed by atoms with Gasteiger partial charge in [0.05, 0.1) is 0 Å². The van der Waals surface area contributed by atoms with E-state index < -0.39 is 0 Å². The molecular formula is C10H10ClN3. The van der Waals surface area contributed by atoms with Gasteiger partial charge in [0.15, 0.2) is 5.82 Å². The van der Waals surface area contributed by atoms with Crippen molar-refractivity contribution in [3.8, 4) is 11.4 Å². The molecule has 0 aliphatic carbocycles. The predicted octanol–water partition coefficient (Wildman–Crippen LogP) is 2.44. The van der Waals surface area contributed by atoms with E-state index in [4.69, 9.17) is 11.6 Å². The summed E-state index contributed by atoms with van der Waals surface area (Å²) < 4.78 is 1.55. The lowest BCUT2D eigenvalue weighted by atomic mass is 10.1. The molecule has 72 valence electrons. The largest absolute Gasteiger partial charge is 0.239 e. The van der Waals surface area contributed by atoms with E-state index in [0.29, 0.717) is 11.1 Å². The summed E-state index contributed by atoms with van der Waals surface area (Å²) in [6, 6.07) is 8.03. The van der Waals surface area contributed by atoms with Crippen LogP contribution in [0.2, 0.25) is 5.28 Å². The number of aromatic nitrogens is 3. The van der Waals surface area contributed by atoms with Gasteiger partial charge >= 0.3 is 0 Å². The Morgan fingerprint density at radius 2 is 1.86 bits per heavy atom. The van der Waals surface area contributed by atoms with Crippen LogP contribution in [0.1, 0.15) is 5.56 Å². The smallest absolute Gasteiger partial charge is 0.221 e. The van der Waals surface area contributed by atoms with Crippen LogP contribution in [0.5, 0.6) is 0 Å². The maximum absolute atomic E-state index is 5.80. The molecule has 0 bridgehead atoms. The van der Waals surface area contributed by atoms with E-state index in [9.17, 15) is 0 Å². The Hall–Kier alpha value is -1.35. The topological polar surface area (TPSA) is 30.7 Å². The van der Waals surface area contributed by atoms with Crippen LogP contribution in [-0.4, -0.2) is 14.8 Å². The Labute approximate surface area is 87.3 Å². The SMILES string of the molecule is Cc1ccc(-c2nc(Cl)n(C)n2)cc1. The van der Waals surface area contributed by atoms with Crippen molar-refractivity contribution in [3.05, 3.63) is 35.1 Å². The number of halogens is 1. The van der Waals surface area contributed by atoms with Crippen LogP contribution >= 0.6 is 11.6 Å². The van der Waals surface area contributed by atoms with Crippen molar-refractivity contribution in [2.24, 2.45) is 7.05 Å². The summed E-state index contributed by atoms with van der Waals surface area (Å²) in [5.74, 6) is 0.664. The molecule has 0 N–H and O–H groups in total. The molecule has 0 spiro atoms. The number of hydrogen-bond donors (Lipinski definition) is 0. The molecule has 0 unspecified atom stereocenters. The van der Waals surface area contributed by atoms with Gasteiger partial charge in [-0.05, 0) is 18.5 Å². The molecular weight excluding hydrogens is 198 g/mol. The Bertz CT molecular complexity index is 425. The number of benzene rings is 1. The van der Waals surface area contributed by atoms with Crippen LogP contribution in [-0.2, 0) is 7.05 Å². The zero-order valence-corrected chi connectivity index (χ0v) is 8.78. The Morgan fingerprint density at radius 3 is 2.36 bits per heavy atom. The van der Waals surface area contributed by atoms with Gasteiger partial charge in [0, 0.05) is 12.6 Å². The standard InChI is InChI=1S/C10H10ClN3/c1-7-3-5-8(6-4-7)9-12-10(11)14(2)13-9/h3-6H,1-2H3. The first kappa shape index (κ1) is 9.21. The highest BCUT2D eigenvalue weighted by Crippen LogP contribution is 2.17. The maximum atomic E-state index is 5.80. The first-order valence-corrected chi connectivity index (χ1v) is 4.68. The molecule has 0 amide bonds. The van der Waals surface area contributed by atoms with Crippen molar-refractivity contribution in [1.82, 2.24) is 14.8 Å². The average molecular weight is 208 g/mol. The van der Waals surface area contributed by atoms with Crippen LogP contribution in [0.15, 0.2) is 24.3 Å². The highest BCUT2D eigenvalue weighted by Gasteiger charge is 2.06. The Balaban J connectivity index is 2.44. The van der Waals surface area contributed by atoms with E-state index in [2.05, 4.69) is 10.1 Å². The van der Waals surface area contributed by atoms with Crippen molar-refractivity contribution < 1.29 is 0 Å². The van der Waals surface area contributed by atoms with Crippen LogP contribution in [0.4, 0.5) is 0 Å². The number of nitrogens with zero attached hydrogens (tertiary/aromatic N) is 3. The van der Waals surface area contributed by atoms with E-state index in [1.807, 2.05) is 31.2 Å². The molecule has 0 fully saturated rings. The first-order chi connectivity index (χ1) is 6.66. The second-order valence-corrected chi connectivity index (χ2v) is 3.53. The van der Waals surface area contributed by atoms with Crippen molar-refractivity contribution in [2.45, 2.75) is 6.92 Å². The van der Waals surface area contributed by atoms with Crippen LogP contribution in [0.25, 0.3) is 11.4 Å². The van der Waals surface area contributed by atoms with E-state index in [1.54, 1.807) is 11.7 Å². The van der Waals surface area contributed by atoms with Gasteiger partial charge < -0.3 is 0 Å². The fraction of sp³-hybridized carbons (Fsp3) is 0.200. The quantitative estimate of drug-likeness (QED) is 0.719. The molecule has 3 nitrogen and oxygen atoms in total. The van der Waals surface area contributed by atoms with Gasteiger partial charge in [0.1, 0.15) is 0 Å². The summed E-state index contributed by atoms with van der Waals surface area (Å²) in [5.41, 5.74) is 2.20. The number of aryl methyl sites for hydroxylation is 2. The molecule has 2 aromatic rings. The summed E-state index contributed by atoms with van der Waals surface area (Å²) in [6.45, 7) is 2.04. The van der Waals surface area contributed by atoms with E-state index >= 15 is 0 Å². The summed E-state index contributed by atoms with van der Waals surface area (Å²) in [4.78, 5) is 4.13. The number of hydrogen-bond acceptors (Lipinski definition) is 2. The molecule has 0 atom stereocenters. The molecule has 0 aliphatic heterocycles. The van der Waals surface area contributed by atoms with Gasteiger partial charge in [-0.1, -0.05) is 29.8 Å². The van der Waals surface area contributed by atoms with Crippen molar-refractivity contribution >= 4 is 11.6 Å². The molecule has 1 aromatic heterocycles. The fourth-order valence-corrected chi connectivity index (χ4v) is 1.31. The van der Waals surface area contributed by atoms with Gasteiger partial charge in [-0.25, -0.2) is 4.68 Å². The third-order valence-electron chi connectivity index (χ3n) is 2.02. The molecule has 1 aromatic carbocycles. The fourth-order valence-electron chi connectivity index (χ4n) is 1.19. The normalized spacial score (nSPS) is 10.5. The first-order valence-electron chi connectivity index (χ1n) is 4.30.